The van der Waals surface area contributed by atoms with E-state index in [2.05, 4.69) is 64.4 Å². The first-order valence-electron chi connectivity index (χ1n) is 6.92. The minimum atomic E-state index is 0.297. The van der Waals surface area contributed by atoms with E-state index < -0.39 is 0 Å². The molecular formula is C16H24BrNZn. The van der Waals surface area contributed by atoms with Crippen LogP contribution < -0.4 is 0 Å². The maximum atomic E-state index is 3.35. The van der Waals surface area contributed by atoms with Crippen molar-refractivity contribution >= 4 is 13.6 Å². The SMILES string of the molecule is CC1(C)CCCC(C)(C)N1Cc1[c-]cccc1.[Zn+][Br]. The second-order valence-electron chi connectivity index (χ2n) is 6.45. The van der Waals surface area contributed by atoms with Gasteiger partial charge in [-0.25, -0.2) is 0 Å². The van der Waals surface area contributed by atoms with Gasteiger partial charge in [-0.2, -0.15) is 30.3 Å². The molecule has 1 nitrogen and oxygen atoms in total. The molecule has 1 aromatic rings. The summed E-state index contributed by atoms with van der Waals surface area (Å²) in [5, 5.41) is 0. The van der Waals surface area contributed by atoms with Crippen LogP contribution >= 0.6 is 13.6 Å². The number of rotatable bonds is 2. The first-order valence-corrected chi connectivity index (χ1v) is 13.9. The summed E-state index contributed by atoms with van der Waals surface area (Å²) in [7, 11) is 0. The third-order valence-electron chi connectivity index (χ3n) is 4.14. The van der Waals surface area contributed by atoms with Gasteiger partial charge in [-0.05, 0) is 47.0 Å². The van der Waals surface area contributed by atoms with E-state index in [-0.39, 0.29) is 0 Å². The number of piperidine rings is 1. The molecule has 0 amide bonds. The zero-order valence-electron chi connectivity index (χ0n) is 12.7. The van der Waals surface area contributed by atoms with E-state index in [9.17, 15) is 0 Å². The van der Waals surface area contributed by atoms with Gasteiger partial charge in [0, 0.05) is 17.6 Å². The van der Waals surface area contributed by atoms with Crippen LogP contribution in [0.15, 0.2) is 24.3 Å². The second kappa shape index (κ2) is 7.34. The molecule has 19 heavy (non-hydrogen) atoms. The van der Waals surface area contributed by atoms with Gasteiger partial charge in [-0.15, -0.1) is 5.56 Å². The molecule has 1 saturated heterocycles. The predicted molar refractivity (Wildman–Crippen MR) is 81.8 cm³/mol. The van der Waals surface area contributed by atoms with Crippen LogP contribution in [-0.4, -0.2) is 16.0 Å². The molecule has 102 valence electrons. The Bertz CT molecular complexity index is 360. The van der Waals surface area contributed by atoms with Crippen LogP contribution in [0.1, 0.15) is 52.5 Å². The molecule has 1 aliphatic rings. The summed E-state index contributed by atoms with van der Waals surface area (Å²) >= 11 is 4.25. The fraction of sp³-hybridized carbons (Fsp3) is 0.625. The molecule has 3 heteroatoms. The van der Waals surface area contributed by atoms with Crippen molar-refractivity contribution < 1.29 is 16.3 Å². The molecule has 1 fully saturated rings. The summed E-state index contributed by atoms with van der Waals surface area (Å²) in [6.07, 6.45) is 3.93. The summed E-state index contributed by atoms with van der Waals surface area (Å²) < 4.78 is 0. The van der Waals surface area contributed by atoms with Gasteiger partial charge in [0.05, 0.1) is 0 Å². The average molecular weight is 376 g/mol. The van der Waals surface area contributed by atoms with Crippen molar-refractivity contribution in [2.24, 2.45) is 0 Å². The van der Waals surface area contributed by atoms with Crippen molar-refractivity contribution in [1.29, 1.82) is 0 Å². The van der Waals surface area contributed by atoms with Crippen LogP contribution in [0.25, 0.3) is 0 Å². The predicted octanol–water partition coefficient (Wildman–Crippen LogP) is 4.87. The van der Waals surface area contributed by atoms with Crippen molar-refractivity contribution in [1.82, 2.24) is 4.90 Å². The van der Waals surface area contributed by atoms with Crippen molar-refractivity contribution in [2.45, 2.75) is 64.6 Å². The number of benzene rings is 1. The molecule has 0 atom stereocenters. The maximum absolute atomic E-state index is 3.35. The van der Waals surface area contributed by atoms with Crippen LogP contribution in [-0.2, 0) is 22.9 Å². The van der Waals surface area contributed by atoms with Crippen LogP contribution in [0, 0.1) is 6.07 Å². The van der Waals surface area contributed by atoms with Gasteiger partial charge in [-0.1, -0.05) is 0 Å². The number of hydrogen-bond donors (Lipinski definition) is 0. The van der Waals surface area contributed by atoms with Crippen molar-refractivity contribution in [3.05, 3.63) is 35.9 Å². The van der Waals surface area contributed by atoms with Gasteiger partial charge in [0.2, 0.25) is 0 Å². The molecule has 0 spiro atoms. The Morgan fingerprint density at radius 1 is 1.16 bits per heavy atom. The van der Waals surface area contributed by atoms with Crippen molar-refractivity contribution in [2.75, 3.05) is 0 Å². The summed E-state index contributed by atoms with van der Waals surface area (Å²) in [6, 6.07) is 11.7. The van der Waals surface area contributed by atoms with Crippen LogP contribution in [0.2, 0.25) is 0 Å². The molecule has 2 rings (SSSR count). The monoisotopic (exact) mass is 373 g/mol. The fourth-order valence-electron chi connectivity index (χ4n) is 3.17. The number of halogens is 1. The molecule has 0 bridgehead atoms. The van der Waals surface area contributed by atoms with Gasteiger partial charge in [-0.3, -0.25) is 4.90 Å². The average Bonchev–Trinajstić information content (AvgIpc) is 2.37. The molecule has 0 N–H and O–H groups in total. The third-order valence-corrected chi connectivity index (χ3v) is 4.14. The van der Waals surface area contributed by atoms with Crippen LogP contribution in [0.4, 0.5) is 0 Å². The zero-order valence-corrected chi connectivity index (χ0v) is 17.2. The van der Waals surface area contributed by atoms with E-state index in [0.29, 0.717) is 11.1 Å². The summed E-state index contributed by atoms with van der Waals surface area (Å²) in [5.74, 6) is 0. The normalized spacial score (nSPS) is 21.4. The van der Waals surface area contributed by atoms with E-state index in [1.165, 1.54) is 41.2 Å². The van der Waals surface area contributed by atoms with Gasteiger partial charge in [0.1, 0.15) is 0 Å². The Labute approximate surface area is 135 Å². The molecule has 1 aliphatic heterocycles. The van der Waals surface area contributed by atoms with Gasteiger partial charge >= 0.3 is 30.0 Å². The zero-order chi connectivity index (χ0) is 14.5. The molecule has 0 aliphatic carbocycles. The summed E-state index contributed by atoms with van der Waals surface area (Å²) in [4.78, 5) is 2.65. The summed E-state index contributed by atoms with van der Waals surface area (Å²) in [5.41, 5.74) is 1.90. The standard InChI is InChI=1S/C16H24N.BrH.Zn/c1-15(2)11-8-12-16(3,4)17(15)13-14-9-6-5-7-10-14;;/h5-7,9H,8,11-13H2,1-4H3;1H;/q-1;;+2/p-1. The Balaban J connectivity index is 0.000000861. The molecule has 0 unspecified atom stereocenters. The van der Waals surface area contributed by atoms with E-state index in [0.717, 1.165) is 6.54 Å². The first kappa shape index (κ1) is 17.3. The molecular weight excluding hydrogens is 351 g/mol. The quantitative estimate of drug-likeness (QED) is 0.526. The van der Waals surface area contributed by atoms with Crippen LogP contribution in [0.5, 0.6) is 0 Å². The number of nitrogens with zero attached hydrogens (tertiary/aromatic N) is 1. The molecule has 0 radical (unpaired) electrons. The second-order valence-corrected chi connectivity index (χ2v) is 6.45. The van der Waals surface area contributed by atoms with E-state index in [4.69, 9.17) is 0 Å². The number of likely N-dealkylation sites (tertiary alicyclic amines) is 1. The van der Waals surface area contributed by atoms with Gasteiger partial charge in [0.15, 0.2) is 0 Å². The Morgan fingerprint density at radius 2 is 1.74 bits per heavy atom. The minimum absolute atomic E-state index is 0.297. The summed E-state index contributed by atoms with van der Waals surface area (Å²) in [6.45, 7) is 10.5. The van der Waals surface area contributed by atoms with Crippen LogP contribution in [0.3, 0.4) is 0 Å². The topological polar surface area (TPSA) is 3.24 Å². The third kappa shape index (κ3) is 4.65. The van der Waals surface area contributed by atoms with Crippen molar-refractivity contribution in [3.63, 3.8) is 0 Å². The van der Waals surface area contributed by atoms with Crippen molar-refractivity contribution in [3.8, 4) is 0 Å². The first-order chi connectivity index (χ1) is 8.92. The molecule has 1 heterocycles. The van der Waals surface area contributed by atoms with E-state index >= 15 is 0 Å². The molecule has 0 aromatic heterocycles. The molecule has 0 saturated carbocycles. The van der Waals surface area contributed by atoms with Gasteiger partial charge < -0.3 is 0 Å². The Morgan fingerprint density at radius 3 is 2.21 bits per heavy atom. The Kier molecular flexibility index (Phi) is 6.69. The van der Waals surface area contributed by atoms with E-state index in [1.54, 1.807) is 0 Å². The Hall–Kier alpha value is 0.283. The van der Waals surface area contributed by atoms with Gasteiger partial charge in [0.25, 0.3) is 0 Å². The fourth-order valence-corrected chi connectivity index (χ4v) is 3.17. The van der Waals surface area contributed by atoms with E-state index in [1.807, 2.05) is 12.1 Å². The number of hydrogen-bond acceptors (Lipinski definition) is 1. The molecule has 1 aromatic carbocycles.